The van der Waals surface area contributed by atoms with Crippen molar-refractivity contribution >= 4 is 11.6 Å². The minimum Gasteiger partial charge on any atom is -0.391 e. The number of hydrogen-bond acceptors (Lipinski definition) is 4. The summed E-state index contributed by atoms with van der Waals surface area (Å²) in [5, 5.41) is 13.1. The van der Waals surface area contributed by atoms with Gasteiger partial charge in [0.25, 0.3) is 0 Å². The van der Waals surface area contributed by atoms with Crippen molar-refractivity contribution in [1.82, 2.24) is 5.32 Å². The molecule has 1 rings (SSSR count). The lowest BCUT2D eigenvalue weighted by atomic mass is 9.83. The second-order valence-electron chi connectivity index (χ2n) is 5.62. The molecule has 16 heavy (non-hydrogen) atoms. The molecular formula is C12H21NO3. The molecule has 2 N–H and O–H groups in total. The number of rotatable bonds is 3. The largest absolute Gasteiger partial charge is 0.391 e. The molecular weight excluding hydrogens is 206 g/mol. The molecule has 0 radical (unpaired) electrons. The fraction of sp³-hybridized carbons (Fsp3) is 0.833. The summed E-state index contributed by atoms with van der Waals surface area (Å²) in [4.78, 5) is 22.5. The highest BCUT2D eigenvalue weighted by atomic mass is 16.3. The second kappa shape index (κ2) is 5.06. The number of β-amino-alcohol motifs (C(OH)–C–C–N with tert-alkyl or cyclic N) is 1. The summed E-state index contributed by atoms with van der Waals surface area (Å²) >= 11 is 0. The van der Waals surface area contributed by atoms with Crippen LogP contribution in [0.4, 0.5) is 0 Å². The number of Topliss-reactive ketones (excluding diaryl/α,β-unsaturated/α-hetero) is 2. The molecule has 1 aliphatic carbocycles. The van der Waals surface area contributed by atoms with E-state index in [1.165, 1.54) is 0 Å². The molecule has 0 aliphatic heterocycles. The van der Waals surface area contributed by atoms with E-state index < -0.39 is 6.10 Å². The third-order valence-corrected chi connectivity index (χ3v) is 2.76. The molecule has 92 valence electrons. The summed E-state index contributed by atoms with van der Waals surface area (Å²) in [5.74, 6) is -0.296. The number of nitrogens with one attached hydrogen (secondary N) is 1. The smallest absolute Gasteiger partial charge is 0.140 e. The van der Waals surface area contributed by atoms with Gasteiger partial charge in [-0.15, -0.1) is 0 Å². The average molecular weight is 227 g/mol. The predicted octanol–water partition coefficient (Wildman–Crippen LogP) is 0.674. The predicted molar refractivity (Wildman–Crippen MR) is 61.1 cm³/mol. The summed E-state index contributed by atoms with van der Waals surface area (Å²) in [7, 11) is 0. The number of carbonyl (C=O) groups excluding carboxylic acids is 2. The lowest BCUT2D eigenvalue weighted by molar-refractivity contribution is -0.133. The molecule has 1 saturated carbocycles. The standard InChI is InChI=1S/C12H21NO3/c1-12(2,3)13-7-11(16)8-4-9(14)6-10(15)5-8/h8,11,13,16H,4-7H2,1-3H3. The Hall–Kier alpha value is -0.740. The minimum absolute atomic E-state index is 0.0453. The maximum Gasteiger partial charge on any atom is 0.140 e. The Balaban J connectivity index is 2.44. The van der Waals surface area contributed by atoms with Crippen LogP contribution in [-0.2, 0) is 9.59 Å². The second-order valence-corrected chi connectivity index (χ2v) is 5.62. The van der Waals surface area contributed by atoms with Gasteiger partial charge in [0.15, 0.2) is 0 Å². The number of carbonyl (C=O) groups is 2. The van der Waals surface area contributed by atoms with E-state index in [9.17, 15) is 14.7 Å². The van der Waals surface area contributed by atoms with E-state index in [0.717, 1.165) is 0 Å². The molecule has 0 aromatic carbocycles. The van der Waals surface area contributed by atoms with Crippen molar-refractivity contribution in [2.45, 2.75) is 51.7 Å². The van der Waals surface area contributed by atoms with Crippen LogP contribution < -0.4 is 5.32 Å². The molecule has 1 fully saturated rings. The van der Waals surface area contributed by atoms with Gasteiger partial charge in [-0.3, -0.25) is 9.59 Å². The van der Waals surface area contributed by atoms with Crippen molar-refractivity contribution in [1.29, 1.82) is 0 Å². The van der Waals surface area contributed by atoms with Crippen molar-refractivity contribution < 1.29 is 14.7 Å². The first kappa shape index (κ1) is 13.3. The fourth-order valence-corrected chi connectivity index (χ4v) is 1.87. The van der Waals surface area contributed by atoms with Crippen LogP contribution in [0.5, 0.6) is 0 Å². The third-order valence-electron chi connectivity index (χ3n) is 2.76. The van der Waals surface area contributed by atoms with Gasteiger partial charge in [0.05, 0.1) is 12.5 Å². The maximum atomic E-state index is 11.2. The van der Waals surface area contributed by atoms with Crippen molar-refractivity contribution in [3.8, 4) is 0 Å². The van der Waals surface area contributed by atoms with Gasteiger partial charge >= 0.3 is 0 Å². The van der Waals surface area contributed by atoms with E-state index in [4.69, 9.17) is 0 Å². The molecule has 4 heteroatoms. The Labute approximate surface area is 96.4 Å². The Morgan fingerprint density at radius 2 is 1.81 bits per heavy atom. The maximum absolute atomic E-state index is 11.2. The van der Waals surface area contributed by atoms with E-state index >= 15 is 0 Å². The van der Waals surface area contributed by atoms with Crippen molar-refractivity contribution in [2.75, 3.05) is 6.54 Å². The van der Waals surface area contributed by atoms with Crippen LogP contribution in [0.15, 0.2) is 0 Å². The molecule has 1 aliphatic rings. The van der Waals surface area contributed by atoms with Gasteiger partial charge in [0.2, 0.25) is 0 Å². The summed E-state index contributed by atoms with van der Waals surface area (Å²) < 4.78 is 0. The van der Waals surface area contributed by atoms with Crippen LogP contribution in [0.1, 0.15) is 40.0 Å². The number of aliphatic hydroxyl groups excluding tert-OH is 1. The first-order valence-corrected chi connectivity index (χ1v) is 5.74. The summed E-state index contributed by atoms with van der Waals surface area (Å²) in [6.07, 6.45) is 0.0975. The quantitative estimate of drug-likeness (QED) is 0.696. The monoisotopic (exact) mass is 227 g/mol. The molecule has 0 saturated heterocycles. The lowest BCUT2D eigenvalue weighted by Gasteiger charge is -2.28. The normalized spacial score (nSPS) is 21.2. The van der Waals surface area contributed by atoms with Gasteiger partial charge in [-0.05, 0) is 26.7 Å². The summed E-state index contributed by atoms with van der Waals surface area (Å²) in [5.41, 5.74) is -0.0658. The first-order valence-electron chi connectivity index (χ1n) is 5.74. The van der Waals surface area contributed by atoms with Gasteiger partial charge in [-0.1, -0.05) is 0 Å². The van der Waals surface area contributed by atoms with Crippen LogP contribution in [0.3, 0.4) is 0 Å². The molecule has 1 unspecified atom stereocenters. The highest BCUT2D eigenvalue weighted by Crippen LogP contribution is 2.22. The molecule has 1 atom stereocenters. The van der Waals surface area contributed by atoms with Crippen LogP contribution in [0.25, 0.3) is 0 Å². The molecule has 0 spiro atoms. The molecule has 4 nitrogen and oxygen atoms in total. The minimum atomic E-state index is -0.618. The van der Waals surface area contributed by atoms with E-state index in [1.807, 2.05) is 20.8 Å². The van der Waals surface area contributed by atoms with Gasteiger partial charge in [-0.2, -0.15) is 0 Å². The highest BCUT2D eigenvalue weighted by Gasteiger charge is 2.30. The molecule has 0 bridgehead atoms. The van der Waals surface area contributed by atoms with Crippen molar-refractivity contribution in [3.63, 3.8) is 0 Å². The number of hydrogen-bond donors (Lipinski definition) is 2. The van der Waals surface area contributed by atoms with E-state index in [0.29, 0.717) is 19.4 Å². The van der Waals surface area contributed by atoms with Gasteiger partial charge in [-0.25, -0.2) is 0 Å². The summed E-state index contributed by atoms with van der Waals surface area (Å²) in [6.45, 7) is 6.46. The van der Waals surface area contributed by atoms with E-state index in [-0.39, 0.29) is 29.4 Å². The molecule has 0 aromatic heterocycles. The van der Waals surface area contributed by atoms with Crippen LogP contribution in [0, 0.1) is 5.92 Å². The molecule has 0 aromatic rings. The zero-order chi connectivity index (χ0) is 12.3. The Kier molecular flexibility index (Phi) is 4.21. The molecule has 0 heterocycles. The fourth-order valence-electron chi connectivity index (χ4n) is 1.87. The Bertz CT molecular complexity index is 264. The van der Waals surface area contributed by atoms with Crippen LogP contribution in [-0.4, -0.2) is 34.9 Å². The van der Waals surface area contributed by atoms with Crippen molar-refractivity contribution in [2.24, 2.45) is 5.92 Å². The SMILES string of the molecule is CC(C)(C)NCC(O)C1CC(=O)CC(=O)C1. The zero-order valence-corrected chi connectivity index (χ0v) is 10.2. The third kappa shape index (κ3) is 4.41. The van der Waals surface area contributed by atoms with E-state index in [1.54, 1.807) is 0 Å². The number of ketones is 2. The van der Waals surface area contributed by atoms with Gasteiger partial charge in [0.1, 0.15) is 11.6 Å². The Morgan fingerprint density at radius 1 is 1.31 bits per heavy atom. The lowest BCUT2D eigenvalue weighted by Crippen LogP contribution is -2.44. The van der Waals surface area contributed by atoms with Crippen molar-refractivity contribution in [3.05, 3.63) is 0 Å². The van der Waals surface area contributed by atoms with Crippen LogP contribution in [0.2, 0.25) is 0 Å². The zero-order valence-electron chi connectivity index (χ0n) is 10.2. The summed E-state index contributed by atoms with van der Waals surface area (Å²) in [6, 6.07) is 0. The van der Waals surface area contributed by atoms with Crippen LogP contribution >= 0.6 is 0 Å². The number of aliphatic hydroxyl groups is 1. The first-order chi connectivity index (χ1) is 7.28. The Morgan fingerprint density at radius 3 is 2.25 bits per heavy atom. The van der Waals surface area contributed by atoms with Gasteiger partial charge in [0, 0.05) is 24.9 Å². The van der Waals surface area contributed by atoms with E-state index in [2.05, 4.69) is 5.32 Å². The molecule has 0 amide bonds. The average Bonchev–Trinajstić information content (AvgIpc) is 2.11. The van der Waals surface area contributed by atoms with Gasteiger partial charge < -0.3 is 10.4 Å². The highest BCUT2D eigenvalue weighted by molar-refractivity contribution is 6.01. The topological polar surface area (TPSA) is 66.4 Å².